The summed E-state index contributed by atoms with van der Waals surface area (Å²) < 4.78 is 2.25. The van der Waals surface area contributed by atoms with E-state index in [2.05, 4.69) is 31.2 Å². The van der Waals surface area contributed by atoms with Crippen LogP contribution in [0.2, 0.25) is 0 Å². The van der Waals surface area contributed by atoms with E-state index in [1.54, 1.807) is 11.3 Å². The Bertz CT molecular complexity index is 582. The van der Waals surface area contributed by atoms with E-state index in [4.69, 9.17) is 4.98 Å². The summed E-state index contributed by atoms with van der Waals surface area (Å²) in [4.78, 5) is 11.6. The number of hydrogen-bond acceptors (Lipinski definition) is 4. The number of fused-ring (bicyclic) bond motifs is 3. The highest BCUT2D eigenvalue weighted by Crippen LogP contribution is 2.39. The second-order valence-electron chi connectivity index (χ2n) is 4.95. The molecule has 2 aliphatic rings. The van der Waals surface area contributed by atoms with Gasteiger partial charge in [0.2, 0.25) is 5.95 Å². The third kappa shape index (κ3) is 1.52. The molecule has 0 unspecified atom stereocenters. The highest BCUT2D eigenvalue weighted by Gasteiger charge is 2.39. The van der Waals surface area contributed by atoms with Crippen LogP contribution in [-0.4, -0.2) is 22.6 Å². The van der Waals surface area contributed by atoms with Gasteiger partial charge in [-0.15, -0.1) is 11.3 Å². The molecular weight excluding hydrogens is 298 g/mol. The molecule has 88 valence electrons. The molecule has 1 aliphatic carbocycles. The highest BCUT2D eigenvalue weighted by molar-refractivity contribution is 9.10. The largest absolute Gasteiger partial charge is 0.338 e. The van der Waals surface area contributed by atoms with Crippen LogP contribution < -0.4 is 4.90 Å². The second-order valence-corrected chi connectivity index (χ2v) is 6.72. The molecule has 2 aromatic heterocycles. The second kappa shape index (κ2) is 3.65. The van der Waals surface area contributed by atoms with Crippen molar-refractivity contribution in [3.05, 3.63) is 16.0 Å². The van der Waals surface area contributed by atoms with Crippen LogP contribution in [0.15, 0.2) is 16.0 Å². The first-order valence-corrected chi connectivity index (χ1v) is 7.65. The standard InChI is InChI=1S/C12H12BrN3S/c13-9-6-17-10-4-14-12(15-11(9)10)16-5-7-1-2-8(16)3-7/h4,6-8H,1-3,5H2/t7-,8+/m0/s1. The van der Waals surface area contributed by atoms with E-state index in [1.165, 1.54) is 19.3 Å². The predicted octanol–water partition coefficient (Wildman–Crippen LogP) is 3.44. The van der Waals surface area contributed by atoms with Gasteiger partial charge in [0.05, 0.1) is 15.4 Å². The van der Waals surface area contributed by atoms with Crippen LogP contribution in [0.4, 0.5) is 5.95 Å². The molecule has 0 amide bonds. The lowest BCUT2D eigenvalue weighted by Gasteiger charge is -2.26. The topological polar surface area (TPSA) is 29.0 Å². The Labute approximate surface area is 112 Å². The third-order valence-corrected chi connectivity index (χ3v) is 5.74. The molecule has 3 heterocycles. The van der Waals surface area contributed by atoms with Gasteiger partial charge in [0.15, 0.2) is 0 Å². The fourth-order valence-electron chi connectivity index (χ4n) is 3.10. The zero-order valence-electron chi connectivity index (χ0n) is 9.27. The zero-order chi connectivity index (χ0) is 11.4. The Morgan fingerprint density at radius 1 is 1.41 bits per heavy atom. The maximum absolute atomic E-state index is 4.71. The Kier molecular flexibility index (Phi) is 2.21. The Morgan fingerprint density at radius 3 is 3.12 bits per heavy atom. The summed E-state index contributed by atoms with van der Waals surface area (Å²) in [6.07, 6.45) is 6.01. The number of hydrogen-bond donors (Lipinski definition) is 0. The minimum Gasteiger partial charge on any atom is -0.338 e. The van der Waals surface area contributed by atoms with E-state index in [9.17, 15) is 0 Å². The summed E-state index contributed by atoms with van der Waals surface area (Å²) in [5.41, 5.74) is 1.06. The van der Waals surface area contributed by atoms with Gasteiger partial charge in [0.25, 0.3) is 0 Å². The zero-order valence-corrected chi connectivity index (χ0v) is 11.7. The van der Waals surface area contributed by atoms with Crippen LogP contribution in [0.1, 0.15) is 19.3 Å². The van der Waals surface area contributed by atoms with Crippen molar-refractivity contribution in [2.75, 3.05) is 11.4 Å². The molecule has 5 heteroatoms. The fraction of sp³-hybridized carbons (Fsp3) is 0.500. The molecule has 2 fully saturated rings. The molecule has 0 N–H and O–H groups in total. The summed E-state index contributed by atoms with van der Waals surface area (Å²) in [6, 6.07) is 0.690. The minimum absolute atomic E-state index is 0.690. The third-order valence-electron chi connectivity index (χ3n) is 3.92. The van der Waals surface area contributed by atoms with Gasteiger partial charge in [-0.25, -0.2) is 9.97 Å². The molecule has 3 nitrogen and oxygen atoms in total. The Morgan fingerprint density at radius 2 is 2.35 bits per heavy atom. The van der Waals surface area contributed by atoms with Crippen molar-refractivity contribution < 1.29 is 0 Å². The lowest BCUT2D eigenvalue weighted by Crippen LogP contribution is -2.33. The van der Waals surface area contributed by atoms with Gasteiger partial charge in [-0.3, -0.25) is 0 Å². The van der Waals surface area contributed by atoms with Gasteiger partial charge in [-0.2, -0.15) is 0 Å². The van der Waals surface area contributed by atoms with Crippen LogP contribution in [0.25, 0.3) is 10.2 Å². The van der Waals surface area contributed by atoms with Crippen molar-refractivity contribution >= 4 is 43.4 Å². The van der Waals surface area contributed by atoms with Crippen molar-refractivity contribution in [2.24, 2.45) is 5.92 Å². The fourth-order valence-corrected chi connectivity index (χ4v) is 4.53. The van der Waals surface area contributed by atoms with Crippen molar-refractivity contribution in [2.45, 2.75) is 25.3 Å². The Hall–Kier alpha value is -0.680. The average molecular weight is 310 g/mol. The molecule has 1 saturated heterocycles. The first kappa shape index (κ1) is 10.3. The van der Waals surface area contributed by atoms with Gasteiger partial charge in [0.1, 0.15) is 5.52 Å². The summed E-state index contributed by atoms with van der Waals surface area (Å²) in [5.74, 6) is 1.80. The average Bonchev–Trinajstić information content (AvgIpc) is 3.04. The van der Waals surface area contributed by atoms with Crippen molar-refractivity contribution in [3.8, 4) is 0 Å². The van der Waals surface area contributed by atoms with Gasteiger partial charge < -0.3 is 4.90 Å². The van der Waals surface area contributed by atoms with Crippen molar-refractivity contribution in [1.29, 1.82) is 0 Å². The maximum atomic E-state index is 4.71. The van der Waals surface area contributed by atoms with E-state index < -0.39 is 0 Å². The number of aromatic nitrogens is 2. The molecule has 2 aromatic rings. The number of nitrogens with zero attached hydrogens (tertiary/aromatic N) is 3. The summed E-state index contributed by atoms with van der Waals surface area (Å²) in [7, 11) is 0. The number of halogens is 1. The molecule has 2 atom stereocenters. The van der Waals surface area contributed by atoms with Crippen LogP contribution in [-0.2, 0) is 0 Å². The van der Waals surface area contributed by atoms with Gasteiger partial charge >= 0.3 is 0 Å². The van der Waals surface area contributed by atoms with Crippen LogP contribution in [0.3, 0.4) is 0 Å². The van der Waals surface area contributed by atoms with Gasteiger partial charge in [0, 0.05) is 18.0 Å². The number of thiophene rings is 1. The summed E-state index contributed by atoms with van der Waals surface area (Å²) in [6.45, 7) is 1.15. The molecule has 1 aliphatic heterocycles. The number of anilines is 1. The molecular formula is C12H12BrN3S. The first-order valence-electron chi connectivity index (χ1n) is 5.97. The smallest absolute Gasteiger partial charge is 0.226 e. The summed E-state index contributed by atoms with van der Waals surface area (Å²) in [5, 5.41) is 2.08. The molecule has 0 spiro atoms. The predicted molar refractivity (Wildman–Crippen MR) is 73.6 cm³/mol. The van der Waals surface area contributed by atoms with E-state index in [0.717, 1.165) is 33.1 Å². The maximum Gasteiger partial charge on any atom is 0.226 e. The van der Waals surface area contributed by atoms with E-state index in [0.29, 0.717) is 6.04 Å². The molecule has 4 rings (SSSR count). The summed E-state index contributed by atoms with van der Waals surface area (Å²) >= 11 is 5.24. The lowest BCUT2D eigenvalue weighted by molar-refractivity contribution is 0.547. The van der Waals surface area contributed by atoms with Crippen LogP contribution in [0.5, 0.6) is 0 Å². The molecule has 0 radical (unpaired) electrons. The quantitative estimate of drug-likeness (QED) is 0.808. The highest BCUT2D eigenvalue weighted by atomic mass is 79.9. The number of piperidine rings is 1. The monoisotopic (exact) mass is 309 g/mol. The van der Waals surface area contributed by atoms with E-state index >= 15 is 0 Å². The molecule has 17 heavy (non-hydrogen) atoms. The normalized spacial score (nSPS) is 27.2. The van der Waals surface area contributed by atoms with Gasteiger partial charge in [-0.1, -0.05) is 0 Å². The van der Waals surface area contributed by atoms with Crippen LogP contribution in [0, 0.1) is 5.92 Å². The molecule has 1 saturated carbocycles. The minimum atomic E-state index is 0.690. The van der Waals surface area contributed by atoms with Crippen LogP contribution >= 0.6 is 27.3 Å². The van der Waals surface area contributed by atoms with Gasteiger partial charge in [-0.05, 0) is 41.1 Å². The lowest BCUT2D eigenvalue weighted by atomic mass is 10.1. The molecule has 2 bridgehead atoms. The van der Waals surface area contributed by atoms with E-state index in [-0.39, 0.29) is 0 Å². The van der Waals surface area contributed by atoms with Crippen molar-refractivity contribution in [1.82, 2.24) is 9.97 Å². The van der Waals surface area contributed by atoms with E-state index in [1.807, 2.05) is 6.20 Å². The Balaban J connectivity index is 1.78. The number of rotatable bonds is 1. The molecule has 0 aromatic carbocycles. The van der Waals surface area contributed by atoms with Crippen molar-refractivity contribution in [3.63, 3.8) is 0 Å². The SMILES string of the molecule is Brc1csc2cnc(N3C[C@H]4CC[C@@H]3C4)nc12. The first-order chi connectivity index (χ1) is 8.31.